The minimum atomic E-state index is 0.118. The van der Waals surface area contributed by atoms with Crippen molar-refractivity contribution in [1.82, 2.24) is 9.55 Å². The molecule has 1 fully saturated rings. The quantitative estimate of drug-likeness (QED) is 0.840. The number of methoxy groups -OCH3 is 1. The van der Waals surface area contributed by atoms with Crippen molar-refractivity contribution in [1.29, 1.82) is 0 Å². The maximum absolute atomic E-state index is 5.54. The highest BCUT2D eigenvalue weighted by Gasteiger charge is 2.50. The lowest BCUT2D eigenvalue weighted by molar-refractivity contribution is -0.111. The van der Waals surface area contributed by atoms with E-state index < -0.39 is 0 Å². The fraction of sp³-hybridized carbons (Fsp3) is 0.533. The van der Waals surface area contributed by atoms with Crippen LogP contribution in [0.15, 0.2) is 18.2 Å². The van der Waals surface area contributed by atoms with Crippen LogP contribution in [0.1, 0.15) is 31.9 Å². The highest BCUT2D eigenvalue weighted by Crippen LogP contribution is 2.51. The second-order valence-electron chi connectivity index (χ2n) is 6.12. The molecule has 1 heterocycles. The van der Waals surface area contributed by atoms with Gasteiger partial charge in [0, 0.05) is 18.6 Å². The van der Waals surface area contributed by atoms with Crippen LogP contribution in [0.2, 0.25) is 0 Å². The van der Waals surface area contributed by atoms with Crippen molar-refractivity contribution in [3.05, 3.63) is 28.5 Å². The van der Waals surface area contributed by atoms with Crippen LogP contribution in [0.4, 0.5) is 0 Å². The minimum Gasteiger partial charge on any atom is -0.381 e. The summed E-state index contributed by atoms with van der Waals surface area (Å²) in [5.74, 6) is 0. The Morgan fingerprint density at radius 3 is 2.79 bits per heavy atom. The van der Waals surface area contributed by atoms with Gasteiger partial charge in [0.05, 0.1) is 17.1 Å². The number of hydrogen-bond donors (Lipinski definition) is 1. The normalized spacial score (nSPS) is 25.5. The van der Waals surface area contributed by atoms with E-state index in [1.165, 1.54) is 11.1 Å². The van der Waals surface area contributed by atoms with Gasteiger partial charge in [0.2, 0.25) is 0 Å². The summed E-state index contributed by atoms with van der Waals surface area (Å²) in [6, 6.07) is 6.86. The maximum atomic E-state index is 5.54. The first-order valence-electron chi connectivity index (χ1n) is 6.69. The van der Waals surface area contributed by atoms with Gasteiger partial charge in [0.15, 0.2) is 4.77 Å². The molecule has 102 valence electrons. The van der Waals surface area contributed by atoms with Crippen molar-refractivity contribution in [2.75, 3.05) is 7.11 Å². The third-order valence-corrected chi connectivity index (χ3v) is 4.89. The Morgan fingerprint density at radius 1 is 1.42 bits per heavy atom. The zero-order chi connectivity index (χ0) is 13.8. The number of aromatic nitrogens is 2. The van der Waals surface area contributed by atoms with Crippen molar-refractivity contribution in [3.63, 3.8) is 0 Å². The summed E-state index contributed by atoms with van der Waals surface area (Å²) in [6.45, 7) is 6.61. The molecule has 1 aromatic carbocycles. The van der Waals surface area contributed by atoms with E-state index in [2.05, 4.69) is 48.5 Å². The Morgan fingerprint density at radius 2 is 2.16 bits per heavy atom. The zero-order valence-electron chi connectivity index (χ0n) is 11.9. The summed E-state index contributed by atoms with van der Waals surface area (Å²) in [6.07, 6.45) is 1.34. The second kappa shape index (κ2) is 4.18. The molecule has 0 amide bonds. The molecule has 0 spiro atoms. The summed E-state index contributed by atoms with van der Waals surface area (Å²) < 4.78 is 8.62. The standard InChI is InChI=1S/C15H20N2OS/c1-9-5-6-11-10(7-9)16-14(19)17(11)12-8-13(18-4)15(12,2)3/h5-7,12-13H,8H2,1-4H3,(H,16,19). The average Bonchev–Trinajstić information content (AvgIpc) is 2.64. The van der Waals surface area contributed by atoms with Crippen molar-refractivity contribution in [2.45, 2.75) is 39.3 Å². The highest BCUT2D eigenvalue weighted by atomic mass is 32.1. The third kappa shape index (κ3) is 1.77. The number of nitrogens with zero attached hydrogens (tertiary/aromatic N) is 1. The van der Waals surface area contributed by atoms with Gasteiger partial charge < -0.3 is 14.3 Å². The lowest BCUT2D eigenvalue weighted by Gasteiger charge is -2.51. The van der Waals surface area contributed by atoms with Gasteiger partial charge in [-0.3, -0.25) is 0 Å². The molecule has 0 bridgehead atoms. The van der Waals surface area contributed by atoms with Crippen LogP contribution in [0.5, 0.6) is 0 Å². The van der Waals surface area contributed by atoms with E-state index in [1.807, 2.05) is 0 Å². The Kier molecular flexibility index (Phi) is 2.84. The topological polar surface area (TPSA) is 29.9 Å². The Hall–Kier alpha value is -1.13. The Balaban J connectivity index is 2.12. The van der Waals surface area contributed by atoms with Gasteiger partial charge in [-0.1, -0.05) is 19.9 Å². The molecule has 2 aromatic rings. The van der Waals surface area contributed by atoms with Crippen LogP contribution >= 0.6 is 12.2 Å². The Labute approximate surface area is 118 Å². The van der Waals surface area contributed by atoms with Crippen LogP contribution in [-0.2, 0) is 4.74 Å². The molecule has 1 aliphatic rings. The molecule has 4 heteroatoms. The van der Waals surface area contributed by atoms with Crippen molar-refractivity contribution in [2.24, 2.45) is 5.41 Å². The summed E-state index contributed by atoms with van der Waals surface area (Å²) in [5.41, 5.74) is 3.69. The molecule has 2 atom stereocenters. The first kappa shape index (κ1) is 12.9. The summed E-state index contributed by atoms with van der Waals surface area (Å²) in [4.78, 5) is 3.32. The van der Waals surface area contributed by atoms with Gasteiger partial charge in [-0.05, 0) is 43.3 Å². The second-order valence-corrected chi connectivity index (χ2v) is 6.50. The molecule has 1 aromatic heterocycles. The van der Waals surface area contributed by atoms with Gasteiger partial charge in [0.25, 0.3) is 0 Å². The molecule has 1 aliphatic carbocycles. The summed E-state index contributed by atoms with van der Waals surface area (Å²) in [7, 11) is 1.79. The first-order chi connectivity index (χ1) is 8.95. The molecule has 19 heavy (non-hydrogen) atoms. The fourth-order valence-corrected chi connectivity index (χ4v) is 3.59. The molecular weight excluding hydrogens is 256 g/mol. The lowest BCUT2D eigenvalue weighted by Crippen LogP contribution is -2.51. The molecule has 0 radical (unpaired) electrons. The van der Waals surface area contributed by atoms with Crippen LogP contribution in [0, 0.1) is 17.1 Å². The van der Waals surface area contributed by atoms with Crippen LogP contribution in [0.3, 0.4) is 0 Å². The zero-order valence-corrected chi connectivity index (χ0v) is 12.7. The highest BCUT2D eigenvalue weighted by molar-refractivity contribution is 7.71. The van der Waals surface area contributed by atoms with E-state index >= 15 is 0 Å². The maximum Gasteiger partial charge on any atom is 0.178 e. The number of ether oxygens (including phenoxy) is 1. The molecule has 1 saturated carbocycles. The van der Waals surface area contributed by atoms with Gasteiger partial charge in [-0.15, -0.1) is 0 Å². The number of H-pyrrole nitrogens is 1. The average molecular weight is 276 g/mol. The molecule has 0 saturated heterocycles. The van der Waals surface area contributed by atoms with Crippen molar-refractivity contribution < 1.29 is 4.74 Å². The van der Waals surface area contributed by atoms with E-state index in [-0.39, 0.29) is 5.41 Å². The van der Waals surface area contributed by atoms with Gasteiger partial charge in [0.1, 0.15) is 0 Å². The van der Waals surface area contributed by atoms with Crippen molar-refractivity contribution >= 4 is 23.3 Å². The number of imidazole rings is 1. The Bertz CT molecular complexity index is 683. The van der Waals surface area contributed by atoms with Crippen LogP contribution < -0.4 is 0 Å². The number of fused-ring (bicyclic) bond motifs is 1. The summed E-state index contributed by atoms with van der Waals surface area (Å²) >= 11 is 5.52. The SMILES string of the molecule is COC1CC(n2c(=S)[nH]c3cc(C)ccc32)C1(C)C. The van der Waals surface area contributed by atoms with Gasteiger partial charge in [-0.2, -0.15) is 0 Å². The fourth-order valence-electron chi connectivity index (χ4n) is 3.26. The van der Waals surface area contributed by atoms with E-state index in [1.54, 1.807) is 7.11 Å². The van der Waals surface area contributed by atoms with Gasteiger partial charge >= 0.3 is 0 Å². The molecular formula is C15H20N2OS. The van der Waals surface area contributed by atoms with E-state index in [9.17, 15) is 0 Å². The van der Waals surface area contributed by atoms with E-state index in [0.29, 0.717) is 12.1 Å². The molecule has 0 aliphatic heterocycles. The number of aromatic amines is 1. The monoisotopic (exact) mass is 276 g/mol. The molecule has 1 N–H and O–H groups in total. The lowest BCUT2D eigenvalue weighted by atomic mass is 9.64. The largest absolute Gasteiger partial charge is 0.381 e. The van der Waals surface area contributed by atoms with E-state index in [0.717, 1.165) is 16.7 Å². The predicted molar refractivity (Wildman–Crippen MR) is 80.1 cm³/mol. The number of benzene rings is 1. The van der Waals surface area contributed by atoms with Crippen LogP contribution in [0.25, 0.3) is 11.0 Å². The molecule has 2 unspecified atom stereocenters. The third-order valence-electron chi connectivity index (χ3n) is 4.59. The van der Waals surface area contributed by atoms with E-state index in [4.69, 9.17) is 17.0 Å². The van der Waals surface area contributed by atoms with Gasteiger partial charge in [-0.25, -0.2) is 0 Å². The first-order valence-corrected chi connectivity index (χ1v) is 7.09. The number of hydrogen-bond acceptors (Lipinski definition) is 2. The van der Waals surface area contributed by atoms with Crippen molar-refractivity contribution in [3.8, 4) is 0 Å². The molecule has 3 rings (SSSR count). The summed E-state index contributed by atoms with van der Waals surface area (Å²) in [5, 5.41) is 0. The smallest absolute Gasteiger partial charge is 0.178 e. The number of rotatable bonds is 2. The van der Waals surface area contributed by atoms with Crippen LogP contribution in [-0.4, -0.2) is 22.8 Å². The number of nitrogens with one attached hydrogen (secondary N) is 1. The molecule has 3 nitrogen and oxygen atoms in total. The number of aryl methyl sites for hydroxylation is 1. The minimum absolute atomic E-state index is 0.118. The predicted octanol–water partition coefficient (Wildman–Crippen LogP) is 3.99.